The first-order valence-electron chi connectivity index (χ1n) is 8.21. The molecule has 0 aliphatic rings. The van der Waals surface area contributed by atoms with E-state index in [9.17, 15) is 14.3 Å². The average molecular weight is 355 g/mol. The van der Waals surface area contributed by atoms with Crippen molar-refractivity contribution in [2.75, 3.05) is 0 Å². The monoisotopic (exact) mass is 355 g/mol. The molecule has 1 heterocycles. The molecule has 0 fully saturated rings. The Balaban J connectivity index is 2.29. The van der Waals surface area contributed by atoms with Gasteiger partial charge in [0.1, 0.15) is 11.6 Å². The summed E-state index contributed by atoms with van der Waals surface area (Å²) in [7, 11) is 0. The highest BCUT2D eigenvalue weighted by molar-refractivity contribution is 6.01. The first-order chi connectivity index (χ1) is 12.4. The van der Waals surface area contributed by atoms with Gasteiger partial charge in [0.05, 0.1) is 5.69 Å². The summed E-state index contributed by atoms with van der Waals surface area (Å²) >= 11 is 0. The lowest BCUT2D eigenvalue weighted by molar-refractivity contribution is -0.144. The van der Waals surface area contributed by atoms with Crippen LogP contribution in [0.5, 0.6) is 11.6 Å². The maximum Gasteiger partial charge on any atom is 0.344 e. The Bertz CT molecular complexity index is 970. The molecule has 0 amide bonds. The number of carboxylic acids is 1. The van der Waals surface area contributed by atoms with Gasteiger partial charge in [-0.25, -0.2) is 14.2 Å². The van der Waals surface area contributed by atoms with E-state index in [4.69, 9.17) is 9.84 Å². The van der Waals surface area contributed by atoms with Crippen molar-refractivity contribution in [2.24, 2.45) is 0 Å². The zero-order valence-corrected chi connectivity index (χ0v) is 14.4. The number of nitrogens with zero attached hydrogens (tertiary/aromatic N) is 1. The van der Waals surface area contributed by atoms with Crippen LogP contribution in [0, 0.1) is 5.82 Å². The van der Waals surface area contributed by atoms with Gasteiger partial charge in [-0.05, 0) is 54.6 Å². The third-order valence-corrected chi connectivity index (χ3v) is 4.13. The lowest BCUT2D eigenvalue weighted by Crippen LogP contribution is -2.23. The molecule has 1 aromatic heterocycles. The van der Waals surface area contributed by atoms with Gasteiger partial charge in [-0.15, -0.1) is 0 Å². The Morgan fingerprint density at radius 1 is 1.19 bits per heavy atom. The van der Waals surface area contributed by atoms with Gasteiger partial charge in [0, 0.05) is 10.9 Å². The molecule has 1 unspecified atom stereocenters. The molecule has 5 nitrogen and oxygen atoms in total. The summed E-state index contributed by atoms with van der Waals surface area (Å²) in [6, 6.07) is 10.8. The number of fused-ring (bicyclic) bond motifs is 1. The van der Waals surface area contributed by atoms with Crippen LogP contribution in [0.1, 0.15) is 19.5 Å². The summed E-state index contributed by atoms with van der Waals surface area (Å²) < 4.78 is 18.8. The fourth-order valence-corrected chi connectivity index (χ4v) is 2.82. The maximum atomic E-state index is 13.3. The maximum absolute atomic E-state index is 13.3. The summed E-state index contributed by atoms with van der Waals surface area (Å²) in [5.74, 6) is -1.28. The van der Waals surface area contributed by atoms with Crippen molar-refractivity contribution in [1.82, 2.24) is 4.98 Å². The summed E-state index contributed by atoms with van der Waals surface area (Å²) in [5.41, 5.74) is 2.28. The van der Waals surface area contributed by atoms with E-state index < -0.39 is 12.1 Å². The number of benzene rings is 2. The van der Waals surface area contributed by atoms with Crippen molar-refractivity contribution in [3.63, 3.8) is 0 Å². The highest BCUT2D eigenvalue weighted by Gasteiger charge is 2.20. The zero-order chi connectivity index (χ0) is 18.8. The van der Waals surface area contributed by atoms with Crippen LogP contribution < -0.4 is 4.74 Å². The number of aromatic hydroxyl groups is 1. The first kappa shape index (κ1) is 17.7. The van der Waals surface area contributed by atoms with Gasteiger partial charge in [0.25, 0.3) is 0 Å². The number of phenols is 1. The van der Waals surface area contributed by atoms with Crippen LogP contribution in [-0.4, -0.2) is 27.3 Å². The molecule has 3 aromatic rings. The second-order valence-electron chi connectivity index (χ2n) is 5.93. The van der Waals surface area contributed by atoms with E-state index in [1.54, 1.807) is 24.3 Å². The zero-order valence-electron chi connectivity index (χ0n) is 14.4. The standard InChI is InChI=1S/C20H18FNO4/c1-3-17-18(12-4-6-13(21)7-5-12)15-9-8-14(23)10-16(15)19(22-17)26-11(2)20(24)25/h4-11,23H,3H2,1-2H3,(H,24,25). The number of phenolic OH excluding ortho intramolecular Hbond substituents is 1. The minimum absolute atomic E-state index is 0.0152. The third kappa shape index (κ3) is 3.31. The van der Waals surface area contributed by atoms with Crippen molar-refractivity contribution >= 4 is 16.7 Å². The number of aryl methyl sites for hydroxylation is 1. The van der Waals surface area contributed by atoms with Crippen molar-refractivity contribution in [2.45, 2.75) is 26.4 Å². The van der Waals surface area contributed by atoms with E-state index in [2.05, 4.69) is 4.98 Å². The smallest absolute Gasteiger partial charge is 0.344 e. The number of aromatic nitrogens is 1. The van der Waals surface area contributed by atoms with Crippen molar-refractivity contribution < 1.29 is 24.1 Å². The molecule has 134 valence electrons. The van der Waals surface area contributed by atoms with E-state index in [1.165, 1.54) is 25.1 Å². The van der Waals surface area contributed by atoms with Gasteiger partial charge in [-0.1, -0.05) is 19.1 Å². The highest BCUT2D eigenvalue weighted by Crippen LogP contribution is 2.38. The number of carboxylic acid groups (broad SMARTS) is 1. The number of hydrogen-bond acceptors (Lipinski definition) is 4. The lowest BCUT2D eigenvalue weighted by atomic mass is 9.96. The predicted molar refractivity (Wildman–Crippen MR) is 95.9 cm³/mol. The Morgan fingerprint density at radius 2 is 1.88 bits per heavy atom. The molecule has 2 aromatic carbocycles. The van der Waals surface area contributed by atoms with Crippen molar-refractivity contribution in [3.05, 3.63) is 54.0 Å². The molecular weight excluding hydrogens is 337 g/mol. The Kier molecular flexibility index (Phi) is 4.75. The number of aliphatic carboxylic acids is 1. The number of pyridine rings is 1. The topological polar surface area (TPSA) is 79.7 Å². The quantitative estimate of drug-likeness (QED) is 0.718. The largest absolute Gasteiger partial charge is 0.508 e. The molecule has 0 aliphatic heterocycles. The van der Waals surface area contributed by atoms with Gasteiger partial charge in [0.2, 0.25) is 5.88 Å². The summed E-state index contributed by atoms with van der Waals surface area (Å²) in [5, 5.41) is 20.2. The number of rotatable bonds is 5. The van der Waals surface area contributed by atoms with Crippen LogP contribution >= 0.6 is 0 Å². The number of carbonyl (C=O) groups is 1. The van der Waals surface area contributed by atoms with Gasteiger partial charge < -0.3 is 14.9 Å². The van der Waals surface area contributed by atoms with Crippen LogP contribution in [0.25, 0.3) is 21.9 Å². The molecule has 0 saturated heterocycles. The van der Waals surface area contributed by atoms with Crippen LogP contribution in [0.2, 0.25) is 0 Å². The van der Waals surface area contributed by atoms with Crippen molar-refractivity contribution in [3.8, 4) is 22.8 Å². The molecule has 0 bridgehead atoms. The van der Waals surface area contributed by atoms with Crippen LogP contribution in [-0.2, 0) is 11.2 Å². The molecule has 6 heteroatoms. The Morgan fingerprint density at radius 3 is 2.50 bits per heavy atom. The molecule has 26 heavy (non-hydrogen) atoms. The molecule has 0 radical (unpaired) electrons. The summed E-state index contributed by atoms with van der Waals surface area (Å²) in [6.45, 7) is 3.34. The van der Waals surface area contributed by atoms with Crippen LogP contribution in [0.15, 0.2) is 42.5 Å². The number of ether oxygens (including phenoxy) is 1. The SMILES string of the molecule is CCc1nc(OC(C)C(=O)O)c2cc(O)ccc2c1-c1ccc(F)cc1. The van der Waals surface area contributed by atoms with Gasteiger partial charge in [-0.2, -0.15) is 0 Å². The predicted octanol–water partition coefficient (Wildman–Crippen LogP) is 4.16. The van der Waals surface area contributed by atoms with Gasteiger partial charge in [-0.3, -0.25) is 0 Å². The van der Waals surface area contributed by atoms with Gasteiger partial charge in [0.15, 0.2) is 6.10 Å². The van der Waals surface area contributed by atoms with E-state index >= 15 is 0 Å². The van der Waals surface area contributed by atoms with Gasteiger partial charge >= 0.3 is 5.97 Å². The second-order valence-corrected chi connectivity index (χ2v) is 5.93. The second kappa shape index (κ2) is 7.00. The summed E-state index contributed by atoms with van der Waals surface area (Å²) in [6.07, 6.45) is -0.518. The first-order valence-corrected chi connectivity index (χ1v) is 8.21. The molecule has 0 aliphatic carbocycles. The average Bonchev–Trinajstić information content (AvgIpc) is 2.62. The Hall–Kier alpha value is -3.15. The highest BCUT2D eigenvalue weighted by atomic mass is 19.1. The lowest BCUT2D eigenvalue weighted by Gasteiger charge is -2.17. The fourth-order valence-electron chi connectivity index (χ4n) is 2.82. The molecule has 0 spiro atoms. The van der Waals surface area contributed by atoms with Crippen LogP contribution in [0.3, 0.4) is 0 Å². The van der Waals surface area contributed by atoms with Crippen molar-refractivity contribution in [1.29, 1.82) is 0 Å². The van der Waals surface area contributed by atoms with E-state index in [-0.39, 0.29) is 17.4 Å². The minimum atomic E-state index is -1.11. The normalized spacial score (nSPS) is 12.1. The fraction of sp³-hybridized carbons (Fsp3) is 0.200. The molecular formula is C20H18FNO4. The van der Waals surface area contributed by atoms with E-state index in [0.717, 1.165) is 16.5 Å². The summed E-state index contributed by atoms with van der Waals surface area (Å²) in [4.78, 5) is 15.6. The molecule has 3 rings (SSSR count). The van der Waals surface area contributed by atoms with E-state index in [0.29, 0.717) is 17.5 Å². The third-order valence-electron chi connectivity index (χ3n) is 4.13. The molecule has 1 atom stereocenters. The number of hydrogen-bond donors (Lipinski definition) is 2. The molecule has 0 saturated carbocycles. The minimum Gasteiger partial charge on any atom is -0.508 e. The van der Waals surface area contributed by atoms with Crippen LogP contribution in [0.4, 0.5) is 4.39 Å². The number of halogens is 1. The van der Waals surface area contributed by atoms with E-state index in [1.807, 2.05) is 6.92 Å². The Labute approximate surface area is 149 Å². The molecule has 2 N–H and O–H groups in total.